The molecule has 2 atom stereocenters. The molecule has 1 aromatic carbocycles. The maximum atomic E-state index is 12.1. The number of halogens is 1. The Balaban J connectivity index is 1.36. The van der Waals surface area contributed by atoms with E-state index in [0.29, 0.717) is 17.9 Å². The van der Waals surface area contributed by atoms with Gasteiger partial charge in [0, 0.05) is 29.5 Å². The Hall–Kier alpha value is -1.07. The number of nitrogens with zero attached hydrogens (tertiary/aromatic N) is 1. The summed E-state index contributed by atoms with van der Waals surface area (Å²) in [5, 5.41) is 3.73. The van der Waals surface area contributed by atoms with E-state index in [1.54, 1.807) is 0 Å². The average molecular weight is 409 g/mol. The van der Waals surface area contributed by atoms with Crippen LogP contribution in [0.2, 0.25) is 0 Å². The van der Waals surface area contributed by atoms with Crippen molar-refractivity contribution in [1.29, 1.82) is 0 Å². The lowest BCUT2D eigenvalue weighted by Crippen LogP contribution is -2.43. The molecule has 0 aromatic heterocycles. The molecule has 1 saturated heterocycles. The monoisotopic (exact) mass is 408 g/mol. The molecular weight excluding hydrogens is 380 g/mol. The van der Waals surface area contributed by atoms with Crippen LogP contribution in [0.25, 0.3) is 0 Å². The van der Waals surface area contributed by atoms with Crippen molar-refractivity contribution in [2.45, 2.75) is 57.6 Å². The zero-order valence-corrected chi connectivity index (χ0v) is 17.0. The first kappa shape index (κ1) is 18.7. The van der Waals surface area contributed by atoms with E-state index < -0.39 is 5.60 Å². The van der Waals surface area contributed by atoms with Gasteiger partial charge < -0.3 is 15.0 Å². The summed E-state index contributed by atoms with van der Waals surface area (Å²) < 4.78 is 6.60. The van der Waals surface area contributed by atoms with E-state index in [2.05, 4.69) is 45.5 Å². The first-order chi connectivity index (χ1) is 11.8. The van der Waals surface area contributed by atoms with Gasteiger partial charge in [-0.25, -0.2) is 4.79 Å². The highest BCUT2D eigenvalue weighted by Gasteiger charge is 2.38. The molecule has 3 rings (SSSR count). The molecule has 0 spiro atoms. The molecule has 1 aliphatic carbocycles. The fourth-order valence-corrected chi connectivity index (χ4v) is 3.73. The second-order valence-corrected chi connectivity index (χ2v) is 9.23. The van der Waals surface area contributed by atoms with Crippen molar-refractivity contribution in [1.82, 2.24) is 10.2 Å². The van der Waals surface area contributed by atoms with Gasteiger partial charge in [0.15, 0.2) is 0 Å². The highest BCUT2D eigenvalue weighted by molar-refractivity contribution is 9.10. The number of rotatable bonds is 4. The molecule has 0 radical (unpaired) electrons. The molecule has 1 N–H and O–H groups in total. The van der Waals surface area contributed by atoms with E-state index in [9.17, 15) is 4.79 Å². The van der Waals surface area contributed by atoms with Crippen LogP contribution in [0.15, 0.2) is 28.7 Å². The van der Waals surface area contributed by atoms with Crippen molar-refractivity contribution in [2.24, 2.45) is 5.92 Å². The van der Waals surface area contributed by atoms with E-state index in [1.807, 2.05) is 25.7 Å². The highest BCUT2D eigenvalue weighted by atomic mass is 79.9. The number of benzene rings is 1. The van der Waals surface area contributed by atoms with Crippen LogP contribution in [0.4, 0.5) is 4.79 Å². The number of hydrogen-bond acceptors (Lipinski definition) is 3. The fourth-order valence-electron chi connectivity index (χ4n) is 3.46. The second-order valence-electron chi connectivity index (χ2n) is 8.32. The van der Waals surface area contributed by atoms with Gasteiger partial charge >= 0.3 is 6.09 Å². The van der Waals surface area contributed by atoms with Gasteiger partial charge in [-0.1, -0.05) is 28.1 Å². The van der Waals surface area contributed by atoms with Crippen molar-refractivity contribution in [3.63, 3.8) is 0 Å². The number of amides is 1. The minimum absolute atomic E-state index is 0.170. The molecule has 5 heteroatoms. The molecule has 1 aliphatic heterocycles. The summed E-state index contributed by atoms with van der Waals surface area (Å²) in [6.07, 6.45) is 3.18. The zero-order chi connectivity index (χ0) is 18.0. The van der Waals surface area contributed by atoms with Crippen LogP contribution in [-0.2, 0) is 4.74 Å². The Morgan fingerprint density at radius 1 is 1.24 bits per heavy atom. The number of ether oxygens (including phenoxy) is 1. The van der Waals surface area contributed by atoms with Crippen molar-refractivity contribution < 1.29 is 9.53 Å². The first-order valence-corrected chi connectivity index (χ1v) is 10.1. The molecule has 25 heavy (non-hydrogen) atoms. The van der Waals surface area contributed by atoms with Crippen LogP contribution in [0.3, 0.4) is 0 Å². The summed E-state index contributed by atoms with van der Waals surface area (Å²) in [7, 11) is 0. The number of hydrogen-bond donors (Lipinski definition) is 1. The SMILES string of the molecule is CC(C)(C)OC(=O)N1CCC(CNC2CC2c2ccc(Br)cc2)CC1. The van der Waals surface area contributed by atoms with Gasteiger partial charge in [-0.15, -0.1) is 0 Å². The van der Waals surface area contributed by atoms with Gasteiger partial charge in [0.1, 0.15) is 5.60 Å². The summed E-state index contributed by atoms with van der Waals surface area (Å²) in [6, 6.07) is 9.30. The molecule has 1 saturated carbocycles. The normalized spacial score (nSPS) is 24.2. The van der Waals surface area contributed by atoms with Crippen LogP contribution in [0, 0.1) is 5.92 Å². The Kier molecular flexibility index (Phi) is 5.74. The molecule has 0 bridgehead atoms. The minimum Gasteiger partial charge on any atom is -0.444 e. The van der Waals surface area contributed by atoms with Gasteiger partial charge in [0.25, 0.3) is 0 Å². The Morgan fingerprint density at radius 3 is 2.48 bits per heavy atom. The topological polar surface area (TPSA) is 41.6 Å². The lowest BCUT2D eigenvalue weighted by Gasteiger charge is -2.33. The molecular formula is C20H29BrN2O2. The Morgan fingerprint density at radius 2 is 1.88 bits per heavy atom. The van der Waals surface area contributed by atoms with Crippen LogP contribution in [0.1, 0.15) is 51.5 Å². The standard InChI is InChI=1S/C20H29BrN2O2/c1-20(2,3)25-19(24)23-10-8-14(9-11-23)13-22-18-12-17(18)15-4-6-16(21)7-5-15/h4-7,14,17-18,22H,8-13H2,1-3H3. The third-order valence-corrected chi connectivity index (χ3v) is 5.55. The molecule has 4 nitrogen and oxygen atoms in total. The van der Waals surface area contributed by atoms with Gasteiger partial charge in [0.05, 0.1) is 0 Å². The third-order valence-electron chi connectivity index (χ3n) is 5.02. The fraction of sp³-hybridized carbons (Fsp3) is 0.650. The molecule has 1 heterocycles. The lowest BCUT2D eigenvalue weighted by molar-refractivity contribution is 0.0184. The molecule has 2 aliphatic rings. The largest absolute Gasteiger partial charge is 0.444 e. The molecule has 138 valence electrons. The number of carbonyl (C=O) groups excluding carboxylic acids is 1. The van der Waals surface area contributed by atoms with E-state index in [0.717, 1.165) is 36.9 Å². The van der Waals surface area contributed by atoms with Crippen molar-refractivity contribution in [2.75, 3.05) is 19.6 Å². The van der Waals surface area contributed by atoms with Crippen LogP contribution >= 0.6 is 15.9 Å². The Bertz CT molecular complexity index is 589. The van der Waals surface area contributed by atoms with Gasteiger partial charge in [-0.3, -0.25) is 0 Å². The summed E-state index contributed by atoms with van der Waals surface area (Å²) >= 11 is 3.49. The predicted molar refractivity (Wildman–Crippen MR) is 104 cm³/mol. The minimum atomic E-state index is -0.413. The smallest absolute Gasteiger partial charge is 0.410 e. The predicted octanol–water partition coefficient (Wildman–Crippen LogP) is 4.54. The van der Waals surface area contributed by atoms with Gasteiger partial charge in [0.2, 0.25) is 0 Å². The summed E-state index contributed by atoms with van der Waals surface area (Å²) in [6.45, 7) is 8.42. The molecule has 2 unspecified atom stereocenters. The maximum Gasteiger partial charge on any atom is 0.410 e. The van der Waals surface area contributed by atoms with Crippen LogP contribution < -0.4 is 5.32 Å². The van der Waals surface area contributed by atoms with E-state index in [4.69, 9.17) is 4.74 Å². The average Bonchev–Trinajstić information content (AvgIpc) is 3.32. The van der Waals surface area contributed by atoms with Gasteiger partial charge in [-0.05, 0) is 70.2 Å². The third kappa shape index (κ3) is 5.45. The number of nitrogens with one attached hydrogen (secondary N) is 1. The first-order valence-electron chi connectivity index (χ1n) is 9.28. The maximum absolute atomic E-state index is 12.1. The Labute approximate surface area is 159 Å². The van der Waals surface area contributed by atoms with Crippen molar-refractivity contribution in [3.8, 4) is 0 Å². The molecule has 1 aromatic rings. The second kappa shape index (κ2) is 7.67. The summed E-state index contributed by atoms with van der Waals surface area (Å²) in [5.41, 5.74) is 1.02. The van der Waals surface area contributed by atoms with Crippen molar-refractivity contribution >= 4 is 22.0 Å². The number of piperidine rings is 1. The number of carbonyl (C=O) groups is 1. The van der Waals surface area contributed by atoms with E-state index in [1.165, 1.54) is 12.0 Å². The molecule has 1 amide bonds. The van der Waals surface area contributed by atoms with Crippen LogP contribution in [-0.4, -0.2) is 42.3 Å². The number of likely N-dealkylation sites (tertiary alicyclic amines) is 1. The summed E-state index contributed by atoms with van der Waals surface area (Å²) in [4.78, 5) is 14.0. The summed E-state index contributed by atoms with van der Waals surface area (Å²) in [5.74, 6) is 1.32. The van der Waals surface area contributed by atoms with Crippen molar-refractivity contribution in [3.05, 3.63) is 34.3 Å². The van der Waals surface area contributed by atoms with E-state index >= 15 is 0 Å². The quantitative estimate of drug-likeness (QED) is 0.794. The lowest BCUT2D eigenvalue weighted by atomic mass is 9.97. The van der Waals surface area contributed by atoms with Gasteiger partial charge in [-0.2, -0.15) is 0 Å². The zero-order valence-electron chi connectivity index (χ0n) is 15.4. The van der Waals surface area contributed by atoms with Crippen LogP contribution in [0.5, 0.6) is 0 Å². The molecule has 2 fully saturated rings. The highest BCUT2D eigenvalue weighted by Crippen LogP contribution is 2.41. The van der Waals surface area contributed by atoms with E-state index in [-0.39, 0.29) is 6.09 Å².